The molecule has 0 radical (unpaired) electrons. The Bertz CT molecular complexity index is 612. The number of sulfonamides is 2. The van der Waals surface area contributed by atoms with Crippen molar-refractivity contribution in [2.24, 2.45) is 0 Å². The number of rotatable bonds is 6. The predicted octanol–water partition coefficient (Wildman–Crippen LogP) is -1.51. The summed E-state index contributed by atoms with van der Waals surface area (Å²) < 4.78 is 49.9. The number of nitrogens with one attached hydrogen (secondary N) is 2. The summed E-state index contributed by atoms with van der Waals surface area (Å²) in [6.07, 6.45) is 1.26. The van der Waals surface area contributed by atoms with Gasteiger partial charge in [0.05, 0.1) is 10.6 Å². The first-order chi connectivity index (χ1) is 8.27. The number of nitrogen functional groups attached to an aromatic ring is 1. The highest BCUT2D eigenvalue weighted by molar-refractivity contribution is 7.90. The zero-order valence-electron chi connectivity index (χ0n) is 9.62. The topological polar surface area (TPSA) is 131 Å². The number of nitrogens with two attached hydrogens (primary N) is 1. The first kappa shape index (κ1) is 14.8. The van der Waals surface area contributed by atoms with Gasteiger partial charge in [-0.2, -0.15) is 0 Å². The highest BCUT2D eigenvalue weighted by atomic mass is 32.2. The number of nitrogens with zero attached hydrogens (tertiary/aromatic N) is 1. The molecule has 10 heteroatoms. The zero-order chi connectivity index (χ0) is 13.8. The van der Waals surface area contributed by atoms with Crippen molar-refractivity contribution in [3.05, 3.63) is 18.3 Å². The first-order valence-corrected chi connectivity index (χ1v) is 8.03. The van der Waals surface area contributed by atoms with Gasteiger partial charge >= 0.3 is 0 Å². The summed E-state index contributed by atoms with van der Waals surface area (Å²) in [6.45, 7) is -0.228. The molecule has 102 valence electrons. The molecule has 0 atom stereocenters. The largest absolute Gasteiger partial charge is 0.384 e. The maximum absolute atomic E-state index is 11.7. The Hall–Kier alpha value is -1.23. The van der Waals surface area contributed by atoms with Gasteiger partial charge in [-0.3, -0.25) is 0 Å². The summed E-state index contributed by atoms with van der Waals surface area (Å²) in [6, 6.07) is 2.46. The molecule has 0 spiro atoms. The molecular weight excluding hydrogens is 280 g/mol. The van der Waals surface area contributed by atoms with Crippen molar-refractivity contribution in [1.29, 1.82) is 0 Å². The second-order valence-electron chi connectivity index (χ2n) is 3.34. The van der Waals surface area contributed by atoms with E-state index >= 15 is 0 Å². The lowest BCUT2D eigenvalue weighted by Gasteiger charge is -2.07. The van der Waals surface area contributed by atoms with Gasteiger partial charge in [0.2, 0.25) is 20.0 Å². The van der Waals surface area contributed by atoms with Crippen LogP contribution in [0.25, 0.3) is 0 Å². The fourth-order valence-corrected chi connectivity index (χ4v) is 2.85. The molecule has 8 nitrogen and oxygen atoms in total. The third-order valence-electron chi connectivity index (χ3n) is 2.04. The van der Waals surface area contributed by atoms with Gasteiger partial charge in [0.1, 0.15) is 5.82 Å². The van der Waals surface area contributed by atoms with Crippen LogP contribution in [0.1, 0.15) is 0 Å². The highest BCUT2D eigenvalue weighted by Crippen LogP contribution is 2.09. The zero-order valence-corrected chi connectivity index (χ0v) is 11.3. The van der Waals surface area contributed by atoms with Crippen LogP contribution in [0, 0.1) is 0 Å². The minimum absolute atomic E-state index is 0.0585. The lowest BCUT2D eigenvalue weighted by atomic mass is 10.5. The van der Waals surface area contributed by atoms with E-state index < -0.39 is 20.0 Å². The Labute approximate surface area is 106 Å². The lowest BCUT2D eigenvalue weighted by Crippen LogP contribution is -2.33. The van der Waals surface area contributed by atoms with Crippen LogP contribution in [0.4, 0.5) is 5.82 Å². The molecule has 1 rings (SSSR count). The van der Waals surface area contributed by atoms with Gasteiger partial charge in [0.25, 0.3) is 0 Å². The number of hydrogen-bond acceptors (Lipinski definition) is 6. The fourth-order valence-electron chi connectivity index (χ4n) is 1.09. The summed E-state index contributed by atoms with van der Waals surface area (Å²) in [7, 11) is -5.96. The van der Waals surface area contributed by atoms with Gasteiger partial charge in [0, 0.05) is 18.8 Å². The molecule has 0 aliphatic heterocycles. The van der Waals surface area contributed by atoms with E-state index in [1.165, 1.54) is 25.4 Å². The van der Waals surface area contributed by atoms with Crippen LogP contribution >= 0.6 is 0 Å². The molecule has 0 fully saturated rings. The molecule has 18 heavy (non-hydrogen) atoms. The maximum atomic E-state index is 11.7. The maximum Gasteiger partial charge on any atom is 0.240 e. The Kier molecular flexibility index (Phi) is 4.62. The van der Waals surface area contributed by atoms with E-state index in [4.69, 9.17) is 5.73 Å². The van der Waals surface area contributed by atoms with E-state index in [0.717, 1.165) is 0 Å². The average molecular weight is 294 g/mol. The molecule has 0 aromatic carbocycles. The second kappa shape index (κ2) is 5.61. The number of pyridine rings is 1. The van der Waals surface area contributed by atoms with Gasteiger partial charge in [-0.1, -0.05) is 0 Å². The smallest absolute Gasteiger partial charge is 0.240 e. The van der Waals surface area contributed by atoms with Crippen molar-refractivity contribution >= 4 is 25.9 Å². The Morgan fingerprint density at radius 1 is 1.33 bits per heavy atom. The van der Waals surface area contributed by atoms with Crippen LogP contribution in [0.15, 0.2) is 23.2 Å². The molecule has 0 aliphatic rings. The van der Waals surface area contributed by atoms with Crippen molar-refractivity contribution < 1.29 is 16.8 Å². The standard InChI is InChI=1S/C8H14N4O4S2/c1-10-17(13,14)5-4-12-18(15,16)7-2-3-11-8(9)6-7/h2-3,6,10,12H,4-5H2,1H3,(H2,9,11). The molecular formula is C8H14N4O4S2. The molecule has 1 aromatic heterocycles. The van der Waals surface area contributed by atoms with Gasteiger partial charge < -0.3 is 5.73 Å². The summed E-state index contributed by atoms with van der Waals surface area (Å²) in [5.41, 5.74) is 5.37. The highest BCUT2D eigenvalue weighted by Gasteiger charge is 2.15. The molecule has 0 aliphatic carbocycles. The van der Waals surface area contributed by atoms with E-state index in [0.29, 0.717) is 0 Å². The van der Waals surface area contributed by atoms with Crippen LogP contribution in [0.5, 0.6) is 0 Å². The first-order valence-electron chi connectivity index (χ1n) is 4.89. The summed E-state index contributed by atoms with van der Waals surface area (Å²) in [5.74, 6) is -0.274. The van der Waals surface area contributed by atoms with Crippen LogP contribution in [-0.4, -0.2) is 41.2 Å². The number of aromatic nitrogens is 1. The SMILES string of the molecule is CNS(=O)(=O)CCNS(=O)(=O)c1ccnc(N)c1. The Morgan fingerprint density at radius 3 is 2.56 bits per heavy atom. The van der Waals surface area contributed by atoms with Crippen molar-refractivity contribution in [2.75, 3.05) is 25.1 Å². The third-order valence-corrected chi connectivity index (χ3v) is 4.86. The van der Waals surface area contributed by atoms with Crippen molar-refractivity contribution in [1.82, 2.24) is 14.4 Å². The molecule has 0 saturated carbocycles. The van der Waals surface area contributed by atoms with E-state index in [-0.39, 0.29) is 23.0 Å². The van der Waals surface area contributed by atoms with Gasteiger partial charge in [-0.15, -0.1) is 0 Å². The van der Waals surface area contributed by atoms with Crippen LogP contribution in [0.2, 0.25) is 0 Å². The minimum atomic E-state index is -3.78. The van der Waals surface area contributed by atoms with Gasteiger partial charge in [-0.25, -0.2) is 31.3 Å². The monoisotopic (exact) mass is 294 g/mol. The summed E-state index contributed by atoms with van der Waals surface area (Å²) in [5, 5.41) is 0. The average Bonchev–Trinajstić information content (AvgIpc) is 2.28. The predicted molar refractivity (Wildman–Crippen MR) is 66.7 cm³/mol. The second-order valence-corrected chi connectivity index (χ2v) is 7.15. The molecule has 0 saturated heterocycles. The lowest BCUT2D eigenvalue weighted by molar-refractivity contribution is 0.578. The van der Waals surface area contributed by atoms with Crippen molar-refractivity contribution in [3.8, 4) is 0 Å². The van der Waals surface area contributed by atoms with E-state index in [1.807, 2.05) is 0 Å². The van der Waals surface area contributed by atoms with Crippen molar-refractivity contribution in [2.45, 2.75) is 4.90 Å². The molecule has 0 bridgehead atoms. The molecule has 1 heterocycles. The van der Waals surface area contributed by atoms with Crippen LogP contribution in [0.3, 0.4) is 0 Å². The molecule has 0 amide bonds. The van der Waals surface area contributed by atoms with Crippen LogP contribution < -0.4 is 15.2 Å². The van der Waals surface area contributed by atoms with Crippen LogP contribution in [-0.2, 0) is 20.0 Å². The fraction of sp³-hybridized carbons (Fsp3) is 0.375. The molecule has 4 N–H and O–H groups in total. The number of hydrogen-bond donors (Lipinski definition) is 3. The third kappa shape index (κ3) is 4.22. The van der Waals surface area contributed by atoms with Crippen molar-refractivity contribution in [3.63, 3.8) is 0 Å². The van der Waals surface area contributed by atoms with Gasteiger partial charge in [0.15, 0.2) is 0 Å². The Balaban J connectivity index is 2.72. The van der Waals surface area contributed by atoms with E-state index in [2.05, 4.69) is 14.4 Å². The van der Waals surface area contributed by atoms with Gasteiger partial charge in [-0.05, 0) is 13.1 Å². The normalized spacial score (nSPS) is 12.5. The minimum Gasteiger partial charge on any atom is -0.384 e. The Morgan fingerprint density at radius 2 is 2.00 bits per heavy atom. The van der Waals surface area contributed by atoms with E-state index in [1.54, 1.807) is 0 Å². The summed E-state index contributed by atoms with van der Waals surface area (Å²) >= 11 is 0. The van der Waals surface area contributed by atoms with E-state index in [9.17, 15) is 16.8 Å². The number of anilines is 1. The quantitative estimate of drug-likeness (QED) is 0.584. The molecule has 1 aromatic rings. The molecule has 0 unspecified atom stereocenters. The summed E-state index contributed by atoms with van der Waals surface area (Å²) in [4.78, 5) is 3.61.